The molecule has 1 amide bonds. The van der Waals surface area contributed by atoms with Crippen LogP contribution in [0.1, 0.15) is 46.5 Å². The van der Waals surface area contributed by atoms with Crippen LogP contribution in [0.3, 0.4) is 0 Å². The zero-order valence-corrected chi connectivity index (χ0v) is 9.92. The molecule has 0 aromatic heterocycles. The standard InChI is InChI=1S/C11H23NO3/c1-4-7-11(3,15)8-12-10(14)6-5-9(2)13/h9,13,15H,4-8H2,1-3H3,(H,12,14). The Morgan fingerprint density at radius 2 is 2.13 bits per heavy atom. The van der Waals surface area contributed by atoms with E-state index in [1.807, 2.05) is 6.92 Å². The zero-order chi connectivity index (χ0) is 11.9. The molecule has 0 radical (unpaired) electrons. The minimum atomic E-state index is -0.824. The molecule has 0 heterocycles. The summed E-state index contributed by atoms with van der Waals surface area (Å²) in [7, 11) is 0. The van der Waals surface area contributed by atoms with Gasteiger partial charge in [-0.05, 0) is 26.7 Å². The normalized spacial score (nSPS) is 16.9. The first-order valence-corrected chi connectivity index (χ1v) is 5.54. The first-order valence-electron chi connectivity index (χ1n) is 5.54. The van der Waals surface area contributed by atoms with Gasteiger partial charge in [0.05, 0.1) is 11.7 Å². The van der Waals surface area contributed by atoms with Crippen LogP contribution in [0.4, 0.5) is 0 Å². The highest BCUT2D eigenvalue weighted by atomic mass is 16.3. The Morgan fingerprint density at radius 1 is 1.53 bits per heavy atom. The molecule has 0 saturated heterocycles. The Hall–Kier alpha value is -0.610. The minimum absolute atomic E-state index is 0.118. The van der Waals surface area contributed by atoms with Crippen molar-refractivity contribution in [2.45, 2.75) is 58.2 Å². The van der Waals surface area contributed by atoms with Gasteiger partial charge in [0.1, 0.15) is 0 Å². The van der Waals surface area contributed by atoms with Gasteiger partial charge in [0.15, 0.2) is 0 Å². The Morgan fingerprint density at radius 3 is 2.60 bits per heavy atom. The Labute approximate surface area is 91.7 Å². The number of rotatable bonds is 7. The fourth-order valence-electron chi connectivity index (χ4n) is 1.34. The highest BCUT2D eigenvalue weighted by Crippen LogP contribution is 2.10. The number of hydrogen-bond acceptors (Lipinski definition) is 3. The van der Waals surface area contributed by atoms with Crippen molar-refractivity contribution < 1.29 is 15.0 Å². The van der Waals surface area contributed by atoms with E-state index in [0.29, 0.717) is 19.3 Å². The summed E-state index contributed by atoms with van der Waals surface area (Å²) in [6.07, 6.45) is 1.87. The van der Waals surface area contributed by atoms with Gasteiger partial charge in [-0.15, -0.1) is 0 Å². The van der Waals surface area contributed by atoms with Crippen LogP contribution in [0.2, 0.25) is 0 Å². The van der Waals surface area contributed by atoms with Crippen molar-refractivity contribution in [1.29, 1.82) is 0 Å². The number of carbonyl (C=O) groups excluding carboxylic acids is 1. The lowest BCUT2D eigenvalue weighted by molar-refractivity contribution is -0.122. The van der Waals surface area contributed by atoms with E-state index in [-0.39, 0.29) is 12.5 Å². The smallest absolute Gasteiger partial charge is 0.220 e. The van der Waals surface area contributed by atoms with Crippen molar-refractivity contribution in [2.75, 3.05) is 6.54 Å². The number of aliphatic hydroxyl groups excluding tert-OH is 1. The van der Waals surface area contributed by atoms with Crippen molar-refractivity contribution in [3.63, 3.8) is 0 Å². The molecule has 0 saturated carbocycles. The molecule has 0 aliphatic carbocycles. The molecule has 2 unspecified atom stereocenters. The van der Waals surface area contributed by atoms with Crippen LogP contribution < -0.4 is 5.32 Å². The van der Waals surface area contributed by atoms with E-state index in [4.69, 9.17) is 5.11 Å². The van der Waals surface area contributed by atoms with E-state index in [9.17, 15) is 9.90 Å². The average molecular weight is 217 g/mol. The highest BCUT2D eigenvalue weighted by molar-refractivity contribution is 5.75. The van der Waals surface area contributed by atoms with Gasteiger partial charge in [-0.3, -0.25) is 4.79 Å². The van der Waals surface area contributed by atoms with Crippen LogP contribution in [-0.4, -0.2) is 34.4 Å². The molecule has 0 aliphatic rings. The Balaban J connectivity index is 3.70. The lowest BCUT2D eigenvalue weighted by atomic mass is 10.0. The zero-order valence-electron chi connectivity index (χ0n) is 9.92. The molecule has 0 rings (SSSR count). The Kier molecular flexibility index (Phi) is 6.52. The molecule has 0 spiro atoms. The van der Waals surface area contributed by atoms with E-state index in [1.165, 1.54) is 0 Å². The summed E-state index contributed by atoms with van der Waals surface area (Å²) >= 11 is 0. The Bertz CT molecular complexity index is 190. The minimum Gasteiger partial charge on any atom is -0.393 e. The molecule has 15 heavy (non-hydrogen) atoms. The maximum absolute atomic E-state index is 11.3. The summed E-state index contributed by atoms with van der Waals surface area (Å²) in [5, 5.41) is 21.4. The molecular weight excluding hydrogens is 194 g/mol. The fraction of sp³-hybridized carbons (Fsp3) is 0.909. The highest BCUT2D eigenvalue weighted by Gasteiger charge is 2.19. The van der Waals surface area contributed by atoms with Crippen molar-refractivity contribution >= 4 is 5.91 Å². The third-order valence-electron chi connectivity index (χ3n) is 2.24. The van der Waals surface area contributed by atoms with E-state index in [1.54, 1.807) is 13.8 Å². The predicted molar refractivity (Wildman–Crippen MR) is 59.5 cm³/mol. The van der Waals surface area contributed by atoms with Crippen molar-refractivity contribution in [1.82, 2.24) is 5.32 Å². The first kappa shape index (κ1) is 14.4. The molecule has 2 atom stereocenters. The number of carbonyl (C=O) groups is 1. The maximum atomic E-state index is 11.3. The van der Waals surface area contributed by atoms with Gasteiger partial charge >= 0.3 is 0 Å². The predicted octanol–water partition coefficient (Wildman–Crippen LogP) is 0.815. The van der Waals surface area contributed by atoms with E-state index >= 15 is 0 Å². The third kappa shape index (κ3) is 8.39. The third-order valence-corrected chi connectivity index (χ3v) is 2.24. The lowest BCUT2D eigenvalue weighted by Gasteiger charge is -2.22. The van der Waals surface area contributed by atoms with Crippen LogP contribution in [0.15, 0.2) is 0 Å². The second-order valence-electron chi connectivity index (χ2n) is 4.41. The number of amides is 1. The summed E-state index contributed by atoms with van der Waals surface area (Å²) in [5.74, 6) is -0.118. The summed E-state index contributed by atoms with van der Waals surface area (Å²) in [6, 6.07) is 0. The molecule has 3 N–H and O–H groups in total. The van der Waals surface area contributed by atoms with Crippen LogP contribution in [0.25, 0.3) is 0 Å². The summed E-state index contributed by atoms with van der Waals surface area (Å²) in [5.41, 5.74) is -0.824. The molecular formula is C11H23NO3. The molecule has 0 aromatic carbocycles. The molecule has 0 aliphatic heterocycles. The van der Waals surface area contributed by atoms with Crippen LogP contribution >= 0.6 is 0 Å². The van der Waals surface area contributed by atoms with Crippen molar-refractivity contribution in [3.05, 3.63) is 0 Å². The molecule has 90 valence electrons. The fourth-order valence-corrected chi connectivity index (χ4v) is 1.34. The van der Waals surface area contributed by atoms with Crippen LogP contribution in [-0.2, 0) is 4.79 Å². The maximum Gasteiger partial charge on any atom is 0.220 e. The van der Waals surface area contributed by atoms with Crippen molar-refractivity contribution in [2.24, 2.45) is 0 Å². The molecule has 0 bridgehead atoms. The summed E-state index contributed by atoms with van der Waals surface area (Å²) in [4.78, 5) is 11.3. The second-order valence-corrected chi connectivity index (χ2v) is 4.41. The van der Waals surface area contributed by atoms with E-state index in [0.717, 1.165) is 6.42 Å². The van der Waals surface area contributed by atoms with Crippen molar-refractivity contribution in [3.8, 4) is 0 Å². The number of aliphatic hydroxyl groups is 2. The quantitative estimate of drug-likeness (QED) is 0.591. The van der Waals surface area contributed by atoms with Gasteiger partial charge < -0.3 is 15.5 Å². The number of hydrogen-bond donors (Lipinski definition) is 3. The van der Waals surface area contributed by atoms with Gasteiger partial charge in [-0.25, -0.2) is 0 Å². The molecule has 4 heteroatoms. The summed E-state index contributed by atoms with van der Waals surface area (Å²) in [6.45, 7) is 5.63. The SMILES string of the molecule is CCCC(C)(O)CNC(=O)CCC(C)O. The van der Waals surface area contributed by atoms with Gasteiger partial charge in [-0.1, -0.05) is 13.3 Å². The second kappa shape index (κ2) is 6.80. The molecule has 0 fully saturated rings. The lowest BCUT2D eigenvalue weighted by Crippen LogP contribution is -2.40. The first-order chi connectivity index (χ1) is 6.87. The number of nitrogens with one attached hydrogen (secondary N) is 1. The topological polar surface area (TPSA) is 69.6 Å². The largest absolute Gasteiger partial charge is 0.393 e. The molecule has 0 aromatic rings. The van der Waals surface area contributed by atoms with Gasteiger partial charge in [-0.2, -0.15) is 0 Å². The van der Waals surface area contributed by atoms with Gasteiger partial charge in [0, 0.05) is 13.0 Å². The van der Waals surface area contributed by atoms with Crippen LogP contribution in [0.5, 0.6) is 0 Å². The molecule has 4 nitrogen and oxygen atoms in total. The van der Waals surface area contributed by atoms with E-state index < -0.39 is 11.7 Å². The van der Waals surface area contributed by atoms with Gasteiger partial charge in [0.2, 0.25) is 5.91 Å². The monoisotopic (exact) mass is 217 g/mol. The summed E-state index contributed by atoms with van der Waals surface area (Å²) < 4.78 is 0. The van der Waals surface area contributed by atoms with Crippen LogP contribution in [0, 0.1) is 0 Å². The average Bonchev–Trinajstić information content (AvgIpc) is 2.11. The van der Waals surface area contributed by atoms with E-state index in [2.05, 4.69) is 5.32 Å². The van der Waals surface area contributed by atoms with Gasteiger partial charge in [0.25, 0.3) is 0 Å².